The third-order valence-corrected chi connectivity index (χ3v) is 4.51. The van der Waals surface area contributed by atoms with Gasteiger partial charge in [0.25, 0.3) is 0 Å². The molecule has 3 aliphatic rings. The molecule has 0 aromatic heterocycles. The highest BCUT2D eigenvalue weighted by Crippen LogP contribution is 2.16. The zero-order valence-corrected chi connectivity index (χ0v) is 14.5. The molecule has 3 nitrogen and oxygen atoms in total. The van der Waals surface area contributed by atoms with Gasteiger partial charge < -0.3 is 14.4 Å². The van der Waals surface area contributed by atoms with Gasteiger partial charge in [-0.2, -0.15) is 0 Å². The number of hydrogen-bond donors (Lipinski definition) is 0. The van der Waals surface area contributed by atoms with Crippen LogP contribution in [0.25, 0.3) is 0 Å². The Labute approximate surface area is 145 Å². The summed E-state index contributed by atoms with van der Waals surface area (Å²) in [5, 5.41) is 0. The van der Waals surface area contributed by atoms with Crippen LogP contribution in [0.2, 0.25) is 0 Å². The molecule has 0 bridgehead atoms. The Morgan fingerprint density at radius 2 is 0.792 bits per heavy atom. The lowest BCUT2D eigenvalue weighted by atomic mass is 9.96. The van der Waals surface area contributed by atoms with Gasteiger partial charge >= 0.3 is 0 Å². The number of carbonyl (C=O) groups excluding carboxylic acids is 3. The van der Waals surface area contributed by atoms with E-state index in [9.17, 15) is 14.4 Å². The van der Waals surface area contributed by atoms with E-state index in [4.69, 9.17) is 0 Å². The molecule has 3 heteroatoms. The molecule has 3 rings (SSSR count). The van der Waals surface area contributed by atoms with E-state index in [1.54, 1.807) is 0 Å². The highest BCUT2D eigenvalue weighted by Gasteiger charge is 2.07. The van der Waals surface area contributed by atoms with Gasteiger partial charge in [-0.3, -0.25) is 0 Å². The van der Waals surface area contributed by atoms with Crippen LogP contribution in [0.15, 0.2) is 36.5 Å². The smallest absolute Gasteiger partial charge is 0.123 e. The molecule has 0 amide bonds. The molecule has 24 heavy (non-hydrogen) atoms. The monoisotopic (exact) mass is 330 g/mol. The Bertz CT molecular complexity index is 381. The third kappa shape index (κ3) is 9.39. The molecule has 0 saturated carbocycles. The van der Waals surface area contributed by atoms with Crippen molar-refractivity contribution in [1.82, 2.24) is 0 Å². The van der Waals surface area contributed by atoms with Crippen molar-refractivity contribution < 1.29 is 14.4 Å². The minimum atomic E-state index is 0.319. The molecule has 3 unspecified atom stereocenters. The van der Waals surface area contributed by atoms with E-state index in [1.807, 2.05) is 0 Å². The molecule has 0 N–H and O–H groups in total. The molecule has 0 heterocycles. The van der Waals surface area contributed by atoms with Crippen LogP contribution in [-0.2, 0) is 14.4 Å². The molecule has 132 valence electrons. The Morgan fingerprint density at radius 3 is 0.917 bits per heavy atom. The van der Waals surface area contributed by atoms with Gasteiger partial charge in [0.1, 0.15) is 18.9 Å². The molecule has 0 radical (unpaired) electrons. The second-order valence-electron chi connectivity index (χ2n) is 6.54. The summed E-state index contributed by atoms with van der Waals surface area (Å²) in [4.78, 5) is 30.4. The second-order valence-corrected chi connectivity index (χ2v) is 6.54. The van der Waals surface area contributed by atoms with Crippen LogP contribution >= 0.6 is 0 Å². The van der Waals surface area contributed by atoms with E-state index in [0.717, 1.165) is 76.6 Å². The standard InChI is InChI=1S/3C7H10O/c3*8-6-7-4-2-1-3-5-7/h3*1-2,6-7H,3-5H2. The molecule has 0 saturated heterocycles. The molecule has 0 spiro atoms. The summed E-state index contributed by atoms with van der Waals surface area (Å²) in [6.07, 6.45) is 25.2. The Morgan fingerprint density at radius 1 is 0.500 bits per heavy atom. The third-order valence-electron chi connectivity index (χ3n) is 4.51. The number of hydrogen-bond acceptors (Lipinski definition) is 3. The average Bonchev–Trinajstić information content (AvgIpc) is 2.71. The largest absolute Gasteiger partial charge is 0.303 e. The summed E-state index contributed by atoms with van der Waals surface area (Å²) in [5.74, 6) is 0.958. The maximum absolute atomic E-state index is 10.1. The van der Waals surface area contributed by atoms with E-state index in [2.05, 4.69) is 36.5 Å². The lowest BCUT2D eigenvalue weighted by molar-refractivity contribution is -0.112. The Balaban J connectivity index is 0.000000180. The fourth-order valence-electron chi connectivity index (χ4n) is 2.82. The summed E-state index contributed by atoms with van der Waals surface area (Å²) in [7, 11) is 0. The van der Waals surface area contributed by atoms with Gasteiger partial charge in [-0.05, 0) is 57.8 Å². The lowest BCUT2D eigenvalue weighted by Crippen LogP contribution is -2.02. The molecule has 0 aliphatic heterocycles. The van der Waals surface area contributed by atoms with Gasteiger partial charge in [0, 0.05) is 17.8 Å². The summed E-state index contributed by atoms with van der Waals surface area (Å²) in [6.45, 7) is 0. The van der Waals surface area contributed by atoms with E-state index < -0.39 is 0 Å². The van der Waals surface area contributed by atoms with Gasteiger partial charge in [-0.15, -0.1) is 0 Å². The molecule has 0 aromatic rings. The van der Waals surface area contributed by atoms with Gasteiger partial charge in [0.2, 0.25) is 0 Å². The number of allylic oxidation sites excluding steroid dienone is 6. The highest BCUT2D eigenvalue weighted by atomic mass is 16.1. The Hall–Kier alpha value is -1.77. The number of aldehydes is 3. The SMILES string of the molecule is O=CC1CC=CCC1.O=CC1CC=CCC1.O=CC1CC=CCC1. The van der Waals surface area contributed by atoms with Crippen molar-refractivity contribution in [2.75, 3.05) is 0 Å². The second kappa shape index (κ2) is 13.6. The minimum absolute atomic E-state index is 0.319. The maximum atomic E-state index is 10.1. The first-order valence-electron chi connectivity index (χ1n) is 9.11. The van der Waals surface area contributed by atoms with Crippen LogP contribution in [0.1, 0.15) is 57.8 Å². The van der Waals surface area contributed by atoms with Crippen molar-refractivity contribution in [2.45, 2.75) is 57.8 Å². The summed E-state index contributed by atoms with van der Waals surface area (Å²) >= 11 is 0. The predicted molar refractivity (Wildman–Crippen MR) is 97.6 cm³/mol. The summed E-state index contributed by atoms with van der Waals surface area (Å²) in [6, 6.07) is 0. The average molecular weight is 330 g/mol. The van der Waals surface area contributed by atoms with E-state index in [1.165, 1.54) is 0 Å². The maximum Gasteiger partial charge on any atom is 0.123 e. The van der Waals surface area contributed by atoms with Crippen molar-refractivity contribution >= 4 is 18.9 Å². The lowest BCUT2D eigenvalue weighted by Gasteiger charge is -2.08. The Kier molecular flexibility index (Phi) is 11.5. The molecular weight excluding hydrogens is 300 g/mol. The normalized spacial score (nSPS) is 27.8. The van der Waals surface area contributed by atoms with Crippen molar-refractivity contribution in [1.29, 1.82) is 0 Å². The van der Waals surface area contributed by atoms with Crippen molar-refractivity contribution in [3.05, 3.63) is 36.5 Å². The fourth-order valence-corrected chi connectivity index (χ4v) is 2.82. The topological polar surface area (TPSA) is 51.2 Å². The zero-order chi connectivity index (χ0) is 17.5. The molecule has 0 aromatic carbocycles. The van der Waals surface area contributed by atoms with Gasteiger partial charge in [0.15, 0.2) is 0 Å². The predicted octanol–water partition coefficient (Wildman–Crippen LogP) is 4.62. The molecule has 3 atom stereocenters. The quantitative estimate of drug-likeness (QED) is 0.560. The van der Waals surface area contributed by atoms with E-state index in [-0.39, 0.29) is 0 Å². The first-order chi connectivity index (χ1) is 11.8. The van der Waals surface area contributed by atoms with Gasteiger partial charge in [-0.25, -0.2) is 0 Å². The first kappa shape index (κ1) is 20.3. The van der Waals surface area contributed by atoms with Crippen LogP contribution in [0, 0.1) is 17.8 Å². The van der Waals surface area contributed by atoms with Gasteiger partial charge in [0.05, 0.1) is 0 Å². The van der Waals surface area contributed by atoms with Crippen LogP contribution in [-0.4, -0.2) is 18.9 Å². The van der Waals surface area contributed by atoms with Crippen LogP contribution in [0.5, 0.6) is 0 Å². The highest BCUT2D eigenvalue weighted by molar-refractivity contribution is 5.54. The molecule has 0 fully saturated rings. The van der Waals surface area contributed by atoms with E-state index in [0.29, 0.717) is 17.8 Å². The summed E-state index contributed by atoms with van der Waals surface area (Å²) < 4.78 is 0. The molecular formula is C21H30O3. The van der Waals surface area contributed by atoms with Crippen molar-refractivity contribution in [3.8, 4) is 0 Å². The number of rotatable bonds is 3. The van der Waals surface area contributed by atoms with Crippen molar-refractivity contribution in [3.63, 3.8) is 0 Å². The van der Waals surface area contributed by atoms with Crippen LogP contribution in [0.4, 0.5) is 0 Å². The summed E-state index contributed by atoms with van der Waals surface area (Å²) in [5.41, 5.74) is 0. The fraction of sp³-hybridized carbons (Fsp3) is 0.571. The zero-order valence-electron chi connectivity index (χ0n) is 14.5. The van der Waals surface area contributed by atoms with Crippen LogP contribution in [0.3, 0.4) is 0 Å². The van der Waals surface area contributed by atoms with Gasteiger partial charge in [-0.1, -0.05) is 36.5 Å². The number of carbonyl (C=O) groups is 3. The van der Waals surface area contributed by atoms with E-state index >= 15 is 0 Å². The molecule has 3 aliphatic carbocycles. The first-order valence-corrected chi connectivity index (χ1v) is 9.11. The van der Waals surface area contributed by atoms with Crippen molar-refractivity contribution in [2.24, 2.45) is 17.8 Å². The minimum Gasteiger partial charge on any atom is -0.303 e. The van der Waals surface area contributed by atoms with Crippen LogP contribution < -0.4 is 0 Å².